The van der Waals surface area contributed by atoms with Gasteiger partial charge < -0.3 is 16.8 Å². The van der Waals surface area contributed by atoms with E-state index in [9.17, 15) is 13.6 Å². The van der Waals surface area contributed by atoms with E-state index < -0.39 is 11.7 Å². The van der Waals surface area contributed by atoms with E-state index in [0.717, 1.165) is 11.6 Å². The molecule has 0 spiro atoms. The fraction of sp³-hybridized carbons (Fsp3) is 0.133. The maximum absolute atomic E-state index is 13.7. The zero-order valence-electron chi connectivity index (χ0n) is 11.2. The van der Waals surface area contributed by atoms with Crippen LogP contribution in [0.15, 0.2) is 36.4 Å². The molecule has 2 aromatic carbocycles. The van der Waals surface area contributed by atoms with E-state index in [1.165, 1.54) is 18.2 Å². The molecule has 0 aromatic heterocycles. The number of nitrogens with two attached hydrogens (primary N) is 2. The summed E-state index contributed by atoms with van der Waals surface area (Å²) in [6, 6.07) is 8.39. The fourth-order valence-electron chi connectivity index (χ4n) is 1.93. The van der Waals surface area contributed by atoms with Crippen LogP contribution in [0.2, 0.25) is 0 Å². The van der Waals surface area contributed by atoms with Crippen LogP contribution in [0, 0.1) is 11.6 Å². The van der Waals surface area contributed by atoms with Crippen molar-refractivity contribution in [1.82, 2.24) is 0 Å². The Morgan fingerprint density at radius 1 is 1.14 bits per heavy atom. The molecule has 1 amide bonds. The number of amides is 1. The van der Waals surface area contributed by atoms with E-state index in [4.69, 9.17) is 11.5 Å². The second-order valence-electron chi connectivity index (χ2n) is 4.59. The van der Waals surface area contributed by atoms with Crippen LogP contribution in [-0.4, -0.2) is 12.5 Å². The van der Waals surface area contributed by atoms with Crippen molar-refractivity contribution in [3.05, 3.63) is 59.2 Å². The lowest BCUT2D eigenvalue weighted by atomic mass is 10.1. The van der Waals surface area contributed by atoms with Gasteiger partial charge in [0.05, 0.1) is 11.3 Å². The minimum Gasteiger partial charge on any atom is -0.398 e. The first-order chi connectivity index (χ1) is 9.97. The van der Waals surface area contributed by atoms with Crippen LogP contribution < -0.4 is 16.8 Å². The summed E-state index contributed by atoms with van der Waals surface area (Å²) >= 11 is 0. The molecule has 0 radical (unpaired) electrons. The maximum Gasteiger partial charge on any atom is 0.250 e. The Balaban J connectivity index is 2.04. The monoisotopic (exact) mass is 291 g/mol. The molecular weight excluding hydrogens is 276 g/mol. The first kappa shape index (κ1) is 14.8. The first-order valence-electron chi connectivity index (χ1n) is 6.34. The lowest BCUT2D eigenvalue weighted by Gasteiger charge is -2.10. The number of hydrogen-bond acceptors (Lipinski definition) is 3. The van der Waals surface area contributed by atoms with Crippen molar-refractivity contribution in [2.75, 3.05) is 17.6 Å². The molecule has 5 N–H and O–H groups in total. The van der Waals surface area contributed by atoms with Crippen LogP contribution in [0.5, 0.6) is 0 Å². The van der Waals surface area contributed by atoms with Gasteiger partial charge in [-0.05, 0) is 36.2 Å². The van der Waals surface area contributed by atoms with Gasteiger partial charge in [-0.25, -0.2) is 8.78 Å². The molecule has 0 bridgehead atoms. The Kier molecular flexibility index (Phi) is 4.37. The SMILES string of the molecule is NC(=O)c1cc(NCCc2ccc(F)cc2)c(F)cc1N. The third kappa shape index (κ3) is 3.68. The smallest absolute Gasteiger partial charge is 0.250 e. The molecular formula is C15H15F2N3O. The molecule has 0 unspecified atom stereocenters. The van der Waals surface area contributed by atoms with Gasteiger partial charge in [0.25, 0.3) is 5.91 Å². The molecule has 0 aliphatic heterocycles. The maximum atomic E-state index is 13.7. The average molecular weight is 291 g/mol. The van der Waals surface area contributed by atoms with Crippen LogP contribution in [0.1, 0.15) is 15.9 Å². The minimum atomic E-state index is -0.714. The largest absolute Gasteiger partial charge is 0.398 e. The third-order valence-electron chi connectivity index (χ3n) is 3.05. The highest BCUT2D eigenvalue weighted by Crippen LogP contribution is 2.22. The van der Waals surface area contributed by atoms with Crippen LogP contribution in [0.3, 0.4) is 0 Å². The highest BCUT2D eigenvalue weighted by molar-refractivity contribution is 5.99. The number of benzene rings is 2. The van der Waals surface area contributed by atoms with Gasteiger partial charge in [0.2, 0.25) is 0 Å². The number of halogens is 2. The molecule has 0 saturated heterocycles. The van der Waals surface area contributed by atoms with Crippen LogP contribution in [0.4, 0.5) is 20.2 Å². The molecule has 0 saturated carbocycles. The molecule has 0 fully saturated rings. The van der Waals surface area contributed by atoms with Gasteiger partial charge in [0.1, 0.15) is 11.6 Å². The Hall–Kier alpha value is -2.63. The predicted octanol–water partition coefficient (Wildman–Crippen LogP) is 2.30. The topological polar surface area (TPSA) is 81.1 Å². The molecule has 0 aliphatic carbocycles. The zero-order valence-corrected chi connectivity index (χ0v) is 11.2. The van der Waals surface area contributed by atoms with Gasteiger partial charge in [-0.1, -0.05) is 12.1 Å². The second kappa shape index (κ2) is 6.21. The number of carbonyl (C=O) groups excluding carboxylic acids is 1. The fourth-order valence-corrected chi connectivity index (χ4v) is 1.93. The Labute approximate surface area is 120 Å². The van der Waals surface area contributed by atoms with E-state index in [1.807, 2.05) is 0 Å². The number of nitrogens with one attached hydrogen (secondary N) is 1. The van der Waals surface area contributed by atoms with Gasteiger partial charge in [-0.3, -0.25) is 4.79 Å². The highest BCUT2D eigenvalue weighted by Gasteiger charge is 2.11. The molecule has 0 heterocycles. The van der Waals surface area contributed by atoms with Crippen molar-refractivity contribution in [3.8, 4) is 0 Å². The van der Waals surface area contributed by atoms with E-state index in [1.54, 1.807) is 12.1 Å². The van der Waals surface area contributed by atoms with Gasteiger partial charge in [0.15, 0.2) is 0 Å². The summed E-state index contributed by atoms with van der Waals surface area (Å²) in [6.07, 6.45) is 0.579. The van der Waals surface area contributed by atoms with Crippen molar-refractivity contribution in [2.24, 2.45) is 5.73 Å². The van der Waals surface area contributed by atoms with Crippen molar-refractivity contribution in [1.29, 1.82) is 0 Å². The number of nitrogen functional groups attached to an aromatic ring is 1. The quantitative estimate of drug-likeness (QED) is 0.739. The molecule has 2 aromatic rings. The summed E-state index contributed by atoms with van der Waals surface area (Å²) in [6.45, 7) is 0.421. The van der Waals surface area contributed by atoms with Crippen molar-refractivity contribution < 1.29 is 13.6 Å². The molecule has 0 atom stereocenters. The lowest BCUT2D eigenvalue weighted by Crippen LogP contribution is -2.15. The Morgan fingerprint density at radius 3 is 2.43 bits per heavy atom. The van der Waals surface area contributed by atoms with Gasteiger partial charge in [0, 0.05) is 12.2 Å². The molecule has 21 heavy (non-hydrogen) atoms. The average Bonchev–Trinajstić information content (AvgIpc) is 2.43. The Bertz CT molecular complexity index is 657. The molecule has 110 valence electrons. The molecule has 4 nitrogen and oxygen atoms in total. The van der Waals surface area contributed by atoms with E-state index in [-0.39, 0.29) is 22.8 Å². The van der Waals surface area contributed by atoms with Gasteiger partial charge in [-0.2, -0.15) is 0 Å². The zero-order chi connectivity index (χ0) is 15.4. The number of rotatable bonds is 5. The van der Waals surface area contributed by atoms with Crippen molar-refractivity contribution in [3.63, 3.8) is 0 Å². The molecule has 2 rings (SSSR count). The summed E-state index contributed by atoms with van der Waals surface area (Å²) in [5.74, 6) is -1.58. The first-order valence-corrected chi connectivity index (χ1v) is 6.34. The lowest BCUT2D eigenvalue weighted by molar-refractivity contribution is 0.100. The van der Waals surface area contributed by atoms with Crippen LogP contribution >= 0.6 is 0 Å². The van der Waals surface area contributed by atoms with Crippen LogP contribution in [0.25, 0.3) is 0 Å². The highest BCUT2D eigenvalue weighted by atomic mass is 19.1. The summed E-state index contributed by atoms with van der Waals surface area (Å²) in [5.41, 5.74) is 11.8. The summed E-state index contributed by atoms with van der Waals surface area (Å²) < 4.78 is 26.5. The standard InChI is InChI=1S/C15H15F2N3O/c16-10-3-1-9(2-4-10)5-6-20-14-7-11(15(19)21)13(18)8-12(14)17/h1-4,7-8,20H,5-6,18H2,(H2,19,21). The normalized spacial score (nSPS) is 10.4. The summed E-state index contributed by atoms with van der Waals surface area (Å²) in [7, 11) is 0. The van der Waals surface area contributed by atoms with Gasteiger partial charge >= 0.3 is 0 Å². The molecule has 0 aliphatic rings. The minimum absolute atomic E-state index is 0.00378. The van der Waals surface area contributed by atoms with E-state index >= 15 is 0 Å². The number of anilines is 2. The van der Waals surface area contributed by atoms with Crippen molar-refractivity contribution in [2.45, 2.75) is 6.42 Å². The summed E-state index contributed by atoms with van der Waals surface area (Å²) in [4.78, 5) is 11.2. The van der Waals surface area contributed by atoms with E-state index in [0.29, 0.717) is 13.0 Å². The van der Waals surface area contributed by atoms with Crippen molar-refractivity contribution >= 4 is 17.3 Å². The van der Waals surface area contributed by atoms with Crippen LogP contribution in [-0.2, 0) is 6.42 Å². The van der Waals surface area contributed by atoms with Gasteiger partial charge in [-0.15, -0.1) is 0 Å². The number of primary amides is 1. The summed E-state index contributed by atoms with van der Waals surface area (Å²) in [5, 5.41) is 2.87. The number of carbonyl (C=O) groups is 1. The number of hydrogen-bond donors (Lipinski definition) is 3. The van der Waals surface area contributed by atoms with E-state index in [2.05, 4.69) is 5.32 Å². The Morgan fingerprint density at radius 2 is 1.81 bits per heavy atom. The molecule has 6 heteroatoms. The third-order valence-corrected chi connectivity index (χ3v) is 3.05. The second-order valence-corrected chi connectivity index (χ2v) is 4.59. The predicted molar refractivity (Wildman–Crippen MR) is 77.9 cm³/mol.